The molecule has 0 saturated carbocycles. The summed E-state index contributed by atoms with van der Waals surface area (Å²) in [6.07, 6.45) is 0. The van der Waals surface area contributed by atoms with Gasteiger partial charge in [-0.25, -0.2) is 0 Å². The van der Waals surface area contributed by atoms with E-state index in [4.69, 9.17) is 0 Å². The van der Waals surface area contributed by atoms with Gasteiger partial charge < -0.3 is 4.90 Å². The van der Waals surface area contributed by atoms with E-state index in [2.05, 4.69) is 278 Å². The molecular formula is C65H45N. The maximum Gasteiger partial charge on any atom is 0.0714 e. The van der Waals surface area contributed by atoms with Gasteiger partial charge in [-0.15, -0.1) is 0 Å². The summed E-state index contributed by atoms with van der Waals surface area (Å²) < 4.78 is 0. The van der Waals surface area contributed by atoms with E-state index in [1.165, 1.54) is 77.5 Å². The number of fused-ring (bicyclic) bond motifs is 4. The van der Waals surface area contributed by atoms with Crippen LogP contribution in [0.25, 0.3) is 66.4 Å². The van der Waals surface area contributed by atoms with Crippen molar-refractivity contribution in [3.8, 4) is 55.6 Å². The normalized spacial score (nSPS) is 12.4. The molecule has 0 aliphatic heterocycles. The van der Waals surface area contributed by atoms with Crippen molar-refractivity contribution in [2.24, 2.45) is 0 Å². The maximum absolute atomic E-state index is 2.47. The Morgan fingerprint density at radius 2 is 0.727 bits per heavy atom. The minimum atomic E-state index is -0.534. The summed E-state index contributed by atoms with van der Waals surface area (Å²) in [6.45, 7) is 0. The fraction of sp³-hybridized carbons (Fsp3) is 0.0154. The highest BCUT2D eigenvalue weighted by atomic mass is 15.1. The largest absolute Gasteiger partial charge is 0.310 e. The third-order valence-corrected chi connectivity index (χ3v) is 13.6. The van der Waals surface area contributed by atoms with Crippen LogP contribution in [0, 0.1) is 0 Å². The van der Waals surface area contributed by atoms with E-state index in [9.17, 15) is 0 Å². The summed E-state index contributed by atoms with van der Waals surface area (Å²) in [4.78, 5) is 2.47. The molecule has 0 N–H and O–H groups in total. The Balaban J connectivity index is 1.07. The van der Waals surface area contributed by atoms with Crippen molar-refractivity contribution in [2.45, 2.75) is 5.41 Å². The van der Waals surface area contributed by atoms with E-state index >= 15 is 0 Å². The Labute approximate surface area is 387 Å². The predicted molar refractivity (Wildman–Crippen MR) is 278 cm³/mol. The van der Waals surface area contributed by atoms with Gasteiger partial charge in [-0.2, -0.15) is 0 Å². The first-order valence-electron chi connectivity index (χ1n) is 22.8. The van der Waals surface area contributed by atoms with Crippen LogP contribution in [-0.4, -0.2) is 0 Å². The lowest BCUT2D eigenvalue weighted by Gasteiger charge is -2.35. The van der Waals surface area contributed by atoms with E-state index < -0.39 is 5.41 Å². The lowest BCUT2D eigenvalue weighted by atomic mass is 9.67. The lowest BCUT2D eigenvalue weighted by molar-refractivity contribution is 0.768. The monoisotopic (exact) mass is 839 g/mol. The van der Waals surface area contributed by atoms with Crippen molar-refractivity contribution >= 4 is 27.8 Å². The first kappa shape index (κ1) is 39.1. The Kier molecular flexibility index (Phi) is 9.81. The third-order valence-electron chi connectivity index (χ3n) is 13.6. The van der Waals surface area contributed by atoms with E-state index in [1.807, 2.05) is 0 Å². The molecule has 11 aromatic carbocycles. The zero-order valence-electron chi connectivity index (χ0n) is 36.4. The van der Waals surface area contributed by atoms with Gasteiger partial charge in [0.2, 0.25) is 0 Å². The van der Waals surface area contributed by atoms with Gasteiger partial charge in [0.25, 0.3) is 0 Å². The molecule has 1 heteroatoms. The van der Waals surface area contributed by atoms with Crippen LogP contribution in [0.15, 0.2) is 273 Å². The Morgan fingerprint density at radius 3 is 1.44 bits per heavy atom. The molecule has 1 aliphatic rings. The van der Waals surface area contributed by atoms with Gasteiger partial charge in [0.1, 0.15) is 0 Å². The molecule has 0 aromatic heterocycles. The SMILES string of the molecule is c1ccc(-c2ccccc2-c2ccc(N(c3ccc4c(c3)C(c3ccccc3)(c3ccccc3)c3ccccc3-4)c3ccccc3-c3cccc(-c4cccc5ccccc45)c3)cc2)cc1. The van der Waals surface area contributed by atoms with Crippen LogP contribution >= 0.6 is 0 Å². The number of hydrogen-bond donors (Lipinski definition) is 0. The number of benzene rings is 11. The van der Waals surface area contributed by atoms with E-state index in [0.29, 0.717) is 0 Å². The van der Waals surface area contributed by atoms with E-state index in [1.54, 1.807) is 0 Å². The first-order chi connectivity index (χ1) is 32.8. The molecule has 0 spiro atoms. The molecule has 0 atom stereocenters. The number of hydrogen-bond acceptors (Lipinski definition) is 1. The number of rotatable bonds is 9. The van der Waals surface area contributed by atoms with Crippen LogP contribution in [-0.2, 0) is 5.41 Å². The van der Waals surface area contributed by atoms with Gasteiger partial charge in [-0.1, -0.05) is 237 Å². The van der Waals surface area contributed by atoms with Crippen molar-refractivity contribution in [3.05, 3.63) is 295 Å². The van der Waals surface area contributed by atoms with Crippen LogP contribution in [0.3, 0.4) is 0 Å². The van der Waals surface area contributed by atoms with Gasteiger partial charge in [0.15, 0.2) is 0 Å². The summed E-state index contributed by atoms with van der Waals surface area (Å²) in [5.41, 5.74) is 19.9. The van der Waals surface area contributed by atoms with Crippen molar-refractivity contribution in [2.75, 3.05) is 4.90 Å². The van der Waals surface area contributed by atoms with Gasteiger partial charge in [-0.05, 0) is 119 Å². The molecule has 310 valence electrons. The second kappa shape index (κ2) is 16.6. The Morgan fingerprint density at radius 1 is 0.258 bits per heavy atom. The first-order valence-corrected chi connectivity index (χ1v) is 22.8. The molecule has 0 heterocycles. The molecule has 0 radical (unpaired) electrons. The molecule has 1 nitrogen and oxygen atoms in total. The molecule has 12 rings (SSSR count). The molecule has 0 fully saturated rings. The summed E-state index contributed by atoms with van der Waals surface area (Å²) in [5.74, 6) is 0. The van der Waals surface area contributed by atoms with Crippen LogP contribution in [0.4, 0.5) is 17.1 Å². The zero-order valence-corrected chi connectivity index (χ0v) is 36.4. The van der Waals surface area contributed by atoms with Crippen molar-refractivity contribution in [3.63, 3.8) is 0 Å². The number of nitrogens with zero attached hydrogens (tertiary/aromatic N) is 1. The van der Waals surface area contributed by atoms with Gasteiger partial charge >= 0.3 is 0 Å². The summed E-state index contributed by atoms with van der Waals surface area (Å²) in [6, 6.07) is 100. The highest BCUT2D eigenvalue weighted by Crippen LogP contribution is 2.57. The van der Waals surface area contributed by atoms with Crippen molar-refractivity contribution in [1.82, 2.24) is 0 Å². The van der Waals surface area contributed by atoms with Gasteiger partial charge in [-0.3, -0.25) is 0 Å². The molecule has 11 aromatic rings. The Bertz CT molecular complexity index is 3470. The standard InChI is InChI=1S/C65H45N/c1-4-20-46(21-5-1)55-31-12-13-32-57(55)48-38-40-53(41-39-48)66(64-37-17-15-33-59(64)50-25-18-24-49(44-50)58-35-19-23-47-22-10-11-30-56(47)58)54-42-43-61-60-34-14-16-36-62(60)65(63(61)45-54,51-26-6-2-7-27-51)52-28-8-3-9-29-52/h1-45H. The molecule has 1 aliphatic carbocycles. The van der Waals surface area contributed by atoms with E-state index in [0.717, 1.165) is 28.2 Å². The predicted octanol–water partition coefficient (Wildman–Crippen LogP) is 17.3. The van der Waals surface area contributed by atoms with Crippen molar-refractivity contribution < 1.29 is 0 Å². The van der Waals surface area contributed by atoms with Crippen LogP contribution in [0.2, 0.25) is 0 Å². The highest BCUT2D eigenvalue weighted by molar-refractivity contribution is 5.98. The van der Waals surface area contributed by atoms with Gasteiger partial charge in [0, 0.05) is 16.9 Å². The zero-order chi connectivity index (χ0) is 43.9. The minimum absolute atomic E-state index is 0.534. The smallest absolute Gasteiger partial charge is 0.0714 e. The highest BCUT2D eigenvalue weighted by Gasteiger charge is 2.46. The fourth-order valence-electron chi connectivity index (χ4n) is 10.6. The number of para-hydroxylation sites is 1. The molecule has 0 saturated heterocycles. The summed E-state index contributed by atoms with van der Waals surface area (Å²) >= 11 is 0. The van der Waals surface area contributed by atoms with Crippen LogP contribution < -0.4 is 4.90 Å². The maximum atomic E-state index is 2.47. The quantitative estimate of drug-likeness (QED) is 0.140. The third kappa shape index (κ3) is 6.56. The topological polar surface area (TPSA) is 3.24 Å². The molecule has 66 heavy (non-hydrogen) atoms. The van der Waals surface area contributed by atoms with Crippen molar-refractivity contribution in [1.29, 1.82) is 0 Å². The molecule has 0 amide bonds. The molecule has 0 bridgehead atoms. The average Bonchev–Trinajstić information content (AvgIpc) is 3.70. The second-order valence-electron chi connectivity index (χ2n) is 17.2. The number of anilines is 3. The van der Waals surface area contributed by atoms with Crippen LogP contribution in [0.1, 0.15) is 22.3 Å². The second-order valence-corrected chi connectivity index (χ2v) is 17.2. The van der Waals surface area contributed by atoms with Gasteiger partial charge in [0.05, 0.1) is 11.1 Å². The fourth-order valence-corrected chi connectivity index (χ4v) is 10.6. The average molecular weight is 840 g/mol. The summed E-state index contributed by atoms with van der Waals surface area (Å²) in [7, 11) is 0. The Hall–Kier alpha value is -8.52. The van der Waals surface area contributed by atoms with E-state index in [-0.39, 0.29) is 0 Å². The molecule has 0 unspecified atom stereocenters. The van der Waals surface area contributed by atoms with Crippen LogP contribution in [0.5, 0.6) is 0 Å². The summed E-state index contributed by atoms with van der Waals surface area (Å²) in [5, 5.41) is 2.49. The lowest BCUT2D eigenvalue weighted by Crippen LogP contribution is -2.28. The minimum Gasteiger partial charge on any atom is -0.310 e. The molecular weight excluding hydrogens is 795 g/mol.